The molecule has 0 saturated carbocycles. The third kappa shape index (κ3) is 5.59. The number of hydrogen-bond donors (Lipinski definition) is 2. The van der Waals surface area contributed by atoms with Crippen LogP contribution < -0.4 is 5.32 Å². The fraction of sp³-hybridized carbons (Fsp3) is 0.414. The van der Waals surface area contributed by atoms with Crippen LogP contribution in [-0.2, 0) is 27.9 Å². The Morgan fingerprint density at radius 2 is 1.76 bits per heavy atom. The Morgan fingerprint density at radius 1 is 1.07 bits per heavy atom. The number of rotatable bonds is 4. The summed E-state index contributed by atoms with van der Waals surface area (Å²) in [6.07, 6.45) is -9.78. The van der Waals surface area contributed by atoms with Crippen LogP contribution in [0.25, 0.3) is 10.9 Å². The van der Waals surface area contributed by atoms with E-state index in [1.807, 2.05) is 0 Å². The molecule has 2 aromatic carbocycles. The number of amides is 2. The molecule has 2 aliphatic heterocycles. The van der Waals surface area contributed by atoms with Gasteiger partial charge in [-0.25, -0.2) is 4.39 Å². The van der Waals surface area contributed by atoms with Crippen LogP contribution in [-0.4, -0.2) is 46.1 Å². The lowest BCUT2D eigenvalue weighted by atomic mass is 9.74. The number of carbonyl (C=O) groups excluding carboxylic acids is 2. The highest BCUT2D eigenvalue weighted by Crippen LogP contribution is 2.48. The van der Waals surface area contributed by atoms with E-state index in [4.69, 9.17) is 0 Å². The largest absolute Gasteiger partial charge is 0.416 e. The van der Waals surface area contributed by atoms with Crippen LogP contribution >= 0.6 is 0 Å². The predicted molar refractivity (Wildman–Crippen MR) is 136 cm³/mol. The van der Waals surface area contributed by atoms with Crippen molar-refractivity contribution in [2.24, 2.45) is 5.92 Å². The Kier molecular flexibility index (Phi) is 7.55. The highest BCUT2D eigenvalue weighted by atomic mass is 19.4. The average Bonchev–Trinajstić information content (AvgIpc) is 2.89. The summed E-state index contributed by atoms with van der Waals surface area (Å²) in [5, 5.41) is 13.6. The van der Waals surface area contributed by atoms with E-state index in [0.717, 1.165) is 18.2 Å². The number of halogens is 7. The van der Waals surface area contributed by atoms with Gasteiger partial charge in [0.25, 0.3) is 0 Å². The molecule has 2 saturated heterocycles. The van der Waals surface area contributed by atoms with Crippen LogP contribution in [0.4, 0.5) is 30.7 Å². The van der Waals surface area contributed by atoms with Gasteiger partial charge in [-0.15, -0.1) is 0 Å². The van der Waals surface area contributed by atoms with Gasteiger partial charge in [-0.1, -0.05) is 18.2 Å². The molecule has 42 heavy (non-hydrogen) atoms. The van der Waals surface area contributed by atoms with Crippen LogP contribution in [0.15, 0.2) is 42.5 Å². The number of carbonyl (C=O) groups is 2. The number of pyridine rings is 1. The Hall–Kier alpha value is -3.58. The minimum absolute atomic E-state index is 0.0619. The number of nitrogens with zero attached hydrogens (tertiary/aromatic N) is 2. The van der Waals surface area contributed by atoms with E-state index in [2.05, 4.69) is 10.3 Å². The molecule has 3 unspecified atom stereocenters. The van der Waals surface area contributed by atoms with Crippen molar-refractivity contribution in [2.45, 2.75) is 56.6 Å². The standard InChI is InChI=1S/C29H26F7N3O3/c1-15-19(18-6-9-24(40)38-26(18)41)12-20-22(37-15)8-7-21(25(20)30)27(42)10-11-39(14-23(27)29(34,35)36)13-16-2-4-17(5-3-16)28(31,32)33/h2-5,7-8,12,18,23,42H,6,9-11,13-14H2,1H3,(H,38,40,41). The second-order valence-corrected chi connectivity index (χ2v) is 10.9. The number of piperidine rings is 2. The van der Waals surface area contributed by atoms with Crippen LogP contribution in [0.1, 0.15) is 53.1 Å². The molecule has 0 bridgehead atoms. The third-order valence-corrected chi connectivity index (χ3v) is 8.15. The molecule has 3 aromatic rings. The predicted octanol–water partition coefficient (Wildman–Crippen LogP) is 5.49. The second kappa shape index (κ2) is 10.6. The van der Waals surface area contributed by atoms with Gasteiger partial charge in [0.2, 0.25) is 11.8 Å². The number of aromatic nitrogens is 1. The number of alkyl halides is 6. The number of imide groups is 1. The lowest BCUT2D eigenvalue weighted by Crippen LogP contribution is -2.55. The molecule has 3 heterocycles. The Bertz CT molecular complexity index is 1540. The second-order valence-electron chi connectivity index (χ2n) is 10.9. The molecule has 5 rings (SSSR count). The van der Waals surface area contributed by atoms with Gasteiger partial charge in [0, 0.05) is 42.7 Å². The number of aliphatic hydroxyl groups is 1. The Morgan fingerprint density at radius 3 is 2.38 bits per heavy atom. The molecule has 2 amide bonds. The third-order valence-electron chi connectivity index (χ3n) is 8.15. The topological polar surface area (TPSA) is 82.5 Å². The van der Waals surface area contributed by atoms with E-state index in [-0.39, 0.29) is 36.8 Å². The zero-order valence-corrected chi connectivity index (χ0v) is 22.2. The molecular weight excluding hydrogens is 571 g/mol. The van der Waals surface area contributed by atoms with Crippen LogP contribution in [0.3, 0.4) is 0 Å². The maximum atomic E-state index is 16.0. The molecule has 224 valence electrons. The van der Waals surface area contributed by atoms with Crippen molar-refractivity contribution in [2.75, 3.05) is 13.1 Å². The van der Waals surface area contributed by atoms with E-state index in [1.165, 1.54) is 29.2 Å². The molecule has 0 radical (unpaired) electrons. The summed E-state index contributed by atoms with van der Waals surface area (Å²) in [6, 6.07) is 7.80. The van der Waals surface area contributed by atoms with Crippen LogP contribution in [0.5, 0.6) is 0 Å². The summed E-state index contributed by atoms with van der Waals surface area (Å²) >= 11 is 0. The van der Waals surface area contributed by atoms with Gasteiger partial charge in [-0.3, -0.25) is 24.8 Å². The summed E-state index contributed by atoms with van der Waals surface area (Å²) in [5.41, 5.74) is -2.89. The number of likely N-dealkylation sites (tertiary alicyclic amines) is 1. The summed E-state index contributed by atoms with van der Waals surface area (Å²) in [6.45, 7) is 0.699. The zero-order valence-electron chi connectivity index (χ0n) is 22.2. The first-order chi connectivity index (χ1) is 19.6. The molecule has 2 N–H and O–H groups in total. The van der Waals surface area contributed by atoms with Gasteiger partial charge in [0.15, 0.2) is 0 Å². The smallest absolute Gasteiger partial charge is 0.384 e. The van der Waals surface area contributed by atoms with E-state index in [1.54, 1.807) is 6.92 Å². The normalized spacial score (nSPS) is 24.2. The lowest BCUT2D eigenvalue weighted by molar-refractivity contribution is -0.249. The van der Waals surface area contributed by atoms with Crippen molar-refractivity contribution in [3.8, 4) is 0 Å². The van der Waals surface area contributed by atoms with E-state index >= 15 is 4.39 Å². The number of nitrogens with one attached hydrogen (secondary N) is 1. The fourth-order valence-corrected chi connectivity index (χ4v) is 5.90. The fourth-order valence-electron chi connectivity index (χ4n) is 5.90. The van der Waals surface area contributed by atoms with Crippen LogP contribution in [0, 0.1) is 18.7 Å². The minimum atomic E-state index is -4.95. The van der Waals surface area contributed by atoms with Crippen LogP contribution in [0.2, 0.25) is 0 Å². The molecule has 1 aromatic heterocycles. The minimum Gasteiger partial charge on any atom is -0.384 e. The lowest BCUT2D eigenvalue weighted by Gasteiger charge is -2.45. The van der Waals surface area contributed by atoms with E-state index in [0.29, 0.717) is 16.8 Å². The monoisotopic (exact) mass is 597 g/mol. The van der Waals surface area contributed by atoms with Gasteiger partial charge >= 0.3 is 12.4 Å². The Balaban J connectivity index is 1.47. The molecule has 0 aliphatic carbocycles. The molecular formula is C29H26F7N3O3. The first-order valence-electron chi connectivity index (χ1n) is 13.2. The Labute approximate surface area is 235 Å². The maximum absolute atomic E-state index is 16.0. The molecule has 6 nitrogen and oxygen atoms in total. The zero-order chi connectivity index (χ0) is 30.6. The molecule has 0 spiro atoms. The number of fused-ring (bicyclic) bond motifs is 1. The summed E-state index contributed by atoms with van der Waals surface area (Å²) in [5.74, 6) is -5.33. The summed E-state index contributed by atoms with van der Waals surface area (Å²) < 4.78 is 97.8. The van der Waals surface area contributed by atoms with E-state index < -0.39 is 71.5 Å². The van der Waals surface area contributed by atoms with Gasteiger partial charge < -0.3 is 5.11 Å². The highest BCUT2D eigenvalue weighted by molar-refractivity contribution is 6.01. The van der Waals surface area contributed by atoms with Crippen molar-refractivity contribution in [3.63, 3.8) is 0 Å². The summed E-state index contributed by atoms with van der Waals surface area (Å²) in [7, 11) is 0. The molecule has 2 aliphatic rings. The van der Waals surface area contributed by atoms with E-state index in [9.17, 15) is 41.0 Å². The quantitative estimate of drug-likeness (QED) is 0.307. The number of hydrogen-bond acceptors (Lipinski definition) is 5. The first kappa shape index (κ1) is 29.9. The molecule has 2 fully saturated rings. The van der Waals surface area contributed by atoms with Crippen molar-refractivity contribution in [3.05, 3.63) is 76.2 Å². The molecule has 3 atom stereocenters. The van der Waals surface area contributed by atoms with Gasteiger partial charge in [-0.2, -0.15) is 26.3 Å². The first-order valence-corrected chi connectivity index (χ1v) is 13.2. The summed E-state index contributed by atoms with van der Waals surface area (Å²) in [4.78, 5) is 29.7. The SMILES string of the molecule is Cc1nc2ccc(C3(O)CCN(Cc4ccc(C(F)(F)F)cc4)CC3C(F)(F)F)c(F)c2cc1C1CCC(=O)NC1=O. The highest BCUT2D eigenvalue weighted by Gasteiger charge is 2.57. The average molecular weight is 598 g/mol. The van der Waals surface area contributed by atoms with Gasteiger partial charge in [0.05, 0.1) is 17.0 Å². The van der Waals surface area contributed by atoms with Crippen molar-refractivity contribution in [1.29, 1.82) is 0 Å². The van der Waals surface area contributed by atoms with Gasteiger partial charge in [0.1, 0.15) is 17.3 Å². The van der Waals surface area contributed by atoms with Crippen molar-refractivity contribution < 1.29 is 45.4 Å². The number of aryl methyl sites for hydroxylation is 1. The van der Waals surface area contributed by atoms with Crippen molar-refractivity contribution in [1.82, 2.24) is 15.2 Å². The van der Waals surface area contributed by atoms with Gasteiger partial charge in [-0.05, 0) is 55.2 Å². The maximum Gasteiger partial charge on any atom is 0.416 e. The van der Waals surface area contributed by atoms with Crippen molar-refractivity contribution >= 4 is 22.7 Å². The number of benzene rings is 2. The molecule has 13 heteroatoms.